The zero-order valence-electron chi connectivity index (χ0n) is 12.4. The van der Waals surface area contributed by atoms with Gasteiger partial charge in [-0.15, -0.1) is 5.10 Å². The Bertz CT molecular complexity index is 697. The lowest BCUT2D eigenvalue weighted by molar-refractivity contribution is -0.118. The SMILES string of the molecule is COCCNC(=O)CSc1nn(-c2ccccc2C)c(=S)s1. The van der Waals surface area contributed by atoms with E-state index in [0.29, 0.717) is 22.9 Å². The lowest BCUT2D eigenvalue weighted by Crippen LogP contribution is -2.28. The number of aryl methyl sites for hydroxylation is 1. The molecular weight excluding hydrogens is 338 g/mol. The van der Waals surface area contributed by atoms with Crippen molar-refractivity contribution in [3.63, 3.8) is 0 Å². The number of nitrogens with zero attached hydrogens (tertiary/aromatic N) is 2. The van der Waals surface area contributed by atoms with Gasteiger partial charge in [-0.25, -0.2) is 4.68 Å². The Morgan fingerprint density at radius 2 is 2.27 bits per heavy atom. The van der Waals surface area contributed by atoms with E-state index in [1.54, 1.807) is 11.8 Å². The Kier molecular flexibility index (Phi) is 6.56. The highest BCUT2D eigenvalue weighted by atomic mass is 32.2. The van der Waals surface area contributed by atoms with E-state index >= 15 is 0 Å². The highest BCUT2D eigenvalue weighted by molar-refractivity contribution is 8.01. The second-order valence-electron chi connectivity index (χ2n) is 4.46. The summed E-state index contributed by atoms with van der Waals surface area (Å²) in [6.07, 6.45) is 0. The number of carbonyl (C=O) groups excluding carboxylic acids is 1. The van der Waals surface area contributed by atoms with Gasteiger partial charge in [0.05, 0.1) is 18.0 Å². The second-order valence-corrected chi connectivity index (χ2v) is 7.31. The molecule has 0 aliphatic rings. The fourth-order valence-corrected chi connectivity index (χ4v) is 3.92. The number of methoxy groups -OCH3 is 1. The Morgan fingerprint density at radius 1 is 1.50 bits per heavy atom. The Hall–Kier alpha value is -1.22. The number of rotatable bonds is 7. The fraction of sp³-hybridized carbons (Fsp3) is 0.357. The molecule has 2 aromatic rings. The minimum Gasteiger partial charge on any atom is -0.383 e. The van der Waals surface area contributed by atoms with Crippen LogP contribution in [0.3, 0.4) is 0 Å². The molecule has 2 rings (SSSR count). The van der Waals surface area contributed by atoms with Gasteiger partial charge in [0.15, 0.2) is 8.29 Å². The highest BCUT2D eigenvalue weighted by Gasteiger charge is 2.10. The molecule has 0 unspecified atom stereocenters. The van der Waals surface area contributed by atoms with Crippen LogP contribution in [0.4, 0.5) is 0 Å². The maximum Gasteiger partial charge on any atom is 0.230 e. The van der Waals surface area contributed by atoms with Crippen LogP contribution in [0.5, 0.6) is 0 Å². The molecule has 0 atom stereocenters. The van der Waals surface area contributed by atoms with Crippen LogP contribution in [0.25, 0.3) is 5.69 Å². The lowest BCUT2D eigenvalue weighted by Gasteiger charge is -2.04. The van der Waals surface area contributed by atoms with E-state index in [4.69, 9.17) is 17.0 Å². The van der Waals surface area contributed by atoms with Crippen molar-refractivity contribution in [1.82, 2.24) is 15.1 Å². The molecular formula is C14H17N3O2S3. The summed E-state index contributed by atoms with van der Waals surface area (Å²) >= 11 is 8.17. The van der Waals surface area contributed by atoms with Gasteiger partial charge in [0.2, 0.25) is 5.91 Å². The van der Waals surface area contributed by atoms with Crippen LogP contribution in [0, 0.1) is 10.9 Å². The number of benzene rings is 1. The molecule has 1 aromatic heterocycles. The molecule has 1 amide bonds. The minimum absolute atomic E-state index is 0.0365. The van der Waals surface area contributed by atoms with Gasteiger partial charge in [-0.3, -0.25) is 4.79 Å². The van der Waals surface area contributed by atoms with Gasteiger partial charge < -0.3 is 10.1 Å². The van der Waals surface area contributed by atoms with Crippen LogP contribution >= 0.6 is 35.3 Å². The van der Waals surface area contributed by atoms with Crippen LogP contribution in [0.15, 0.2) is 28.6 Å². The number of aromatic nitrogens is 2. The fourth-order valence-electron chi connectivity index (χ4n) is 1.74. The van der Waals surface area contributed by atoms with Gasteiger partial charge in [0.25, 0.3) is 0 Å². The third-order valence-corrected chi connectivity index (χ3v) is 5.19. The molecule has 1 aromatic carbocycles. The molecule has 0 spiro atoms. The molecule has 8 heteroatoms. The summed E-state index contributed by atoms with van der Waals surface area (Å²) in [5.74, 6) is 0.283. The first-order valence-corrected chi connectivity index (χ1v) is 8.87. The summed E-state index contributed by atoms with van der Waals surface area (Å²) in [4.78, 5) is 11.7. The summed E-state index contributed by atoms with van der Waals surface area (Å²) in [6, 6.07) is 7.94. The van der Waals surface area contributed by atoms with E-state index in [0.717, 1.165) is 15.6 Å². The summed E-state index contributed by atoms with van der Waals surface area (Å²) in [5, 5.41) is 7.27. The van der Waals surface area contributed by atoms with Crippen molar-refractivity contribution in [1.29, 1.82) is 0 Å². The van der Waals surface area contributed by atoms with Crippen molar-refractivity contribution in [2.24, 2.45) is 0 Å². The third kappa shape index (κ3) is 4.64. The molecule has 0 radical (unpaired) electrons. The van der Waals surface area contributed by atoms with Crippen LogP contribution in [0.2, 0.25) is 0 Å². The van der Waals surface area contributed by atoms with Crippen molar-refractivity contribution in [2.75, 3.05) is 26.0 Å². The van der Waals surface area contributed by atoms with Crippen LogP contribution in [-0.2, 0) is 9.53 Å². The molecule has 5 nitrogen and oxygen atoms in total. The molecule has 0 saturated carbocycles. The quantitative estimate of drug-likeness (QED) is 0.470. The van der Waals surface area contributed by atoms with Crippen LogP contribution < -0.4 is 5.32 Å². The molecule has 0 fully saturated rings. The standard InChI is InChI=1S/C14H17N3O2S3/c1-10-5-3-4-6-11(10)17-14(20)22-13(16-17)21-9-12(18)15-7-8-19-2/h3-6H,7-9H2,1-2H3,(H,15,18). The first-order valence-electron chi connectivity index (χ1n) is 6.66. The molecule has 0 aliphatic carbocycles. The van der Waals surface area contributed by atoms with E-state index in [1.165, 1.54) is 23.1 Å². The topological polar surface area (TPSA) is 56.1 Å². The molecule has 118 valence electrons. The molecule has 1 heterocycles. The van der Waals surface area contributed by atoms with Gasteiger partial charge in [0, 0.05) is 13.7 Å². The zero-order valence-corrected chi connectivity index (χ0v) is 14.8. The number of carbonyl (C=O) groups is 1. The molecule has 0 saturated heterocycles. The van der Waals surface area contributed by atoms with Crippen LogP contribution in [-0.4, -0.2) is 41.7 Å². The van der Waals surface area contributed by atoms with Gasteiger partial charge in [-0.1, -0.05) is 41.3 Å². The van der Waals surface area contributed by atoms with Gasteiger partial charge in [-0.05, 0) is 30.8 Å². The zero-order chi connectivity index (χ0) is 15.9. The van der Waals surface area contributed by atoms with Crippen molar-refractivity contribution in [2.45, 2.75) is 11.3 Å². The monoisotopic (exact) mass is 355 g/mol. The maximum atomic E-state index is 11.7. The van der Waals surface area contributed by atoms with Crippen molar-refractivity contribution in [3.8, 4) is 5.69 Å². The second kappa shape index (κ2) is 8.42. The Labute approximate surface area is 142 Å². The van der Waals surface area contributed by atoms with Gasteiger partial charge in [-0.2, -0.15) is 0 Å². The normalized spacial score (nSPS) is 10.6. The molecule has 0 aliphatic heterocycles. The summed E-state index contributed by atoms with van der Waals surface area (Å²) in [6.45, 7) is 3.05. The van der Waals surface area contributed by atoms with Crippen LogP contribution in [0.1, 0.15) is 5.56 Å². The average Bonchev–Trinajstić information content (AvgIpc) is 2.87. The number of para-hydroxylation sites is 1. The lowest BCUT2D eigenvalue weighted by atomic mass is 10.2. The number of amides is 1. The first kappa shape index (κ1) is 17.1. The van der Waals surface area contributed by atoms with Gasteiger partial charge >= 0.3 is 0 Å². The molecule has 0 bridgehead atoms. The Balaban J connectivity index is 2.00. The number of thioether (sulfide) groups is 1. The van der Waals surface area contributed by atoms with Crippen molar-refractivity contribution >= 4 is 41.2 Å². The number of hydrogen-bond acceptors (Lipinski definition) is 6. The number of hydrogen-bond donors (Lipinski definition) is 1. The summed E-state index contributed by atoms with van der Waals surface area (Å²) < 4.78 is 8.10. The average molecular weight is 356 g/mol. The van der Waals surface area contributed by atoms with E-state index in [2.05, 4.69) is 10.4 Å². The molecule has 1 N–H and O–H groups in total. The van der Waals surface area contributed by atoms with E-state index in [-0.39, 0.29) is 5.91 Å². The predicted molar refractivity (Wildman–Crippen MR) is 92.6 cm³/mol. The number of nitrogens with one attached hydrogen (secondary N) is 1. The third-order valence-electron chi connectivity index (χ3n) is 2.83. The first-order chi connectivity index (χ1) is 10.6. The number of ether oxygens (including phenoxy) is 1. The van der Waals surface area contributed by atoms with E-state index < -0.39 is 0 Å². The molecule has 22 heavy (non-hydrogen) atoms. The smallest absolute Gasteiger partial charge is 0.230 e. The summed E-state index contributed by atoms with van der Waals surface area (Å²) in [5.41, 5.74) is 2.08. The van der Waals surface area contributed by atoms with E-state index in [9.17, 15) is 4.79 Å². The highest BCUT2D eigenvalue weighted by Crippen LogP contribution is 2.24. The minimum atomic E-state index is -0.0365. The predicted octanol–water partition coefficient (Wildman–Crippen LogP) is 2.83. The Morgan fingerprint density at radius 3 is 3.00 bits per heavy atom. The summed E-state index contributed by atoms with van der Waals surface area (Å²) in [7, 11) is 1.60. The maximum absolute atomic E-state index is 11.7. The largest absolute Gasteiger partial charge is 0.383 e. The van der Waals surface area contributed by atoms with Gasteiger partial charge in [0.1, 0.15) is 0 Å². The van der Waals surface area contributed by atoms with Crippen molar-refractivity contribution in [3.05, 3.63) is 33.8 Å². The van der Waals surface area contributed by atoms with Crippen molar-refractivity contribution < 1.29 is 9.53 Å². The van der Waals surface area contributed by atoms with E-state index in [1.807, 2.05) is 31.2 Å².